The number of hydrogen-bond acceptors (Lipinski definition) is 4. The van der Waals surface area contributed by atoms with Crippen LogP contribution in [-0.4, -0.2) is 23.1 Å². The van der Waals surface area contributed by atoms with Crippen molar-refractivity contribution in [1.82, 2.24) is 5.32 Å². The van der Waals surface area contributed by atoms with Crippen LogP contribution in [0.15, 0.2) is 0 Å². The fourth-order valence-electron chi connectivity index (χ4n) is 4.94. The first-order valence-corrected chi connectivity index (χ1v) is 13.4. The molecule has 1 saturated carbocycles. The van der Waals surface area contributed by atoms with Gasteiger partial charge in [0.05, 0.1) is 34.6 Å². The molecule has 0 spiro atoms. The first-order chi connectivity index (χ1) is 15.2. The van der Waals surface area contributed by atoms with E-state index in [1.807, 2.05) is 11.8 Å². The van der Waals surface area contributed by atoms with Crippen molar-refractivity contribution in [2.24, 2.45) is 23.7 Å². The molecule has 166 valence electrons. The number of hydrogen-bond donors (Lipinski definition) is 1. The van der Waals surface area contributed by atoms with E-state index >= 15 is 0 Å². The molecule has 5 atom stereocenters. The molecule has 4 heteroatoms. The summed E-state index contributed by atoms with van der Waals surface area (Å²) in [5.74, 6) is 15.8. The summed E-state index contributed by atoms with van der Waals surface area (Å²) in [6.07, 6.45) is 13.8. The molecule has 3 fully saturated rings. The van der Waals surface area contributed by atoms with Crippen LogP contribution >= 0.6 is 11.8 Å². The van der Waals surface area contributed by atoms with Gasteiger partial charge >= 0.3 is 0 Å². The monoisotopic (exact) mass is 435 g/mol. The second-order valence-electron chi connectivity index (χ2n) is 9.51. The number of nitrogens with zero attached hydrogens (tertiary/aromatic N) is 2. The van der Waals surface area contributed by atoms with Crippen LogP contribution in [0, 0.1) is 70.0 Å². The zero-order valence-corrected chi connectivity index (χ0v) is 19.9. The number of piperidine rings is 1. The first kappa shape index (κ1) is 24.1. The predicted octanol–water partition coefficient (Wildman–Crippen LogP) is 5.68. The van der Waals surface area contributed by atoms with Gasteiger partial charge in [0.1, 0.15) is 0 Å². The summed E-state index contributed by atoms with van der Waals surface area (Å²) in [5.41, 5.74) is 0. The largest absolute Gasteiger partial charge is 0.302 e. The van der Waals surface area contributed by atoms with Gasteiger partial charge in [0.15, 0.2) is 0 Å². The van der Waals surface area contributed by atoms with E-state index in [1.54, 1.807) is 0 Å². The molecule has 3 aliphatic rings. The number of nitriles is 2. The van der Waals surface area contributed by atoms with Gasteiger partial charge in [-0.05, 0) is 57.3 Å². The van der Waals surface area contributed by atoms with Crippen molar-refractivity contribution in [1.29, 1.82) is 10.5 Å². The van der Waals surface area contributed by atoms with E-state index in [0.717, 1.165) is 51.5 Å². The third kappa shape index (κ3) is 7.80. The summed E-state index contributed by atoms with van der Waals surface area (Å²) in [6.45, 7) is 3.04. The molecule has 1 N–H and O–H groups in total. The number of rotatable bonds is 5. The quantitative estimate of drug-likeness (QED) is 0.446. The van der Waals surface area contributed by atoms with E-state index < -0.39 is 0 Å². The topological polar surface area (TPSA) is 59.6 Å². The minimum Gasteiger partial charge on any atom is -0.302 e. The molecule has 0 radical (unpaired) electrons. The highest BCUT2D eigenvalue weighted by atomic mass is 32.2. The van der Waals surface area contributed by atoms with E-state index in [4.69, 9.17) is 10.5 Å². The minimum atomic E-state index is 0.147. The normalized spacial score (nSPS) is 35.0. The molecule has 3 rings (SSSR count). The molecular weight excluding hydrogens is 398 g/mol. The van der Waals surface area contributed by atoms with E-state index in [2.05, 4.69) is 48.1 Å². The Balaban J connectivity index is 1.55. The molecule has 0 aromatic carbocycles. The van der Waals surface area contributed by atoms with Gasteiger partial charge in [-0.3, -0.25) is 0 Å². The lowest BCUT2D eigenvalue weighted by atomic mass is 9.83. The molecule has 3 nitrogen and oxygen atoms in total. The van der Waals surface area contributed by atoms with Gasteiger partial charge in [-0.1, -0.05) is 56.3 Å². The smallest absolute Gasteiger partial charge is 0.0698 e. The van der Waals surface area contributed by atoms with E-state index in [1.165, 1.54) is 32.1 Å². The molecular formula is C27H37N3S. The van der Waals surface area contributed by atoms with Gasteiger partial charge < -0.3 is 5.32 Å². The van der Waals surface area contributed by atoms with Crippen LogP contribution in [-0.2, 0) is 0 Å². The zero-order chi connectivity index (χ0) is 21.9. The molecule has 2 saturated heterocycles. The Kier molecular flexibility index (Phi) is 10.1. The highest BCUT2D eigenvalue weighted by Gasteiger charge is 2.33. The molecule has 0 aromatic heterocycles. The van der Waals surface area contributed by atoms with Crippen molar-refractivity contribution in [2.45, 2.75) is 101 Å². The van der Waals surface area contributed by atoms with E-state index in [0.29, 0.717) is 22.3 Å². The van der Waals surface area contributed by atoms with Gasteiger partial charge in [-0.25, -0.2) is 0 Å². The zero-order valence-electron chi connectivity index (χ0n) is 19.0. The molecule has 0 bridgehead atoms. The lowest BCUT2D eigenvalue weighted by Crippen LogP contribution is -2.37. The Hall–Kier alpha value is -1.59. The summed E-state index contributed by atoms with van der Waals surface area (Å²) in [7, 11) is 0. The molecule has 5 unspecified atom stereocenters. The fraction of sp³-hybridized carbons (Fsp3) is 0.778. The highest BCUT2D eigenvalue weighted by molar-refractivity contribution is 8.01. The maximum atomic E-state index is 9.11. The number of nitrogens with one attached hydrogen (secondary N) is 1. The van der Waals surface area contributed by atoms with Crippen molar-refractivity contribution in [3.8, 4) is 35.8 Å². The fourth-order valence-corrected chi connectivity index (χ4v) is 6.39. The minimum absolute atomic E-state index is 0.147. The molecule has 0 amide bonds. The molecule has 1 aliphatic carbocycles. The molecule has 0 aromatic rings. The van der Waals surface area contributed by atoms with Crippen molar-refractivity contribution < 1.29 is 0 Å². The van der Waals surface area contributed by atoms with E-state index in [9.17, 15) is 0 Å². The summed E-state index contributed by atoms with van der Waals surface area (Å²) in [5, 5.41) is 22.4. The third-order valence-corrected chi connectivity index (χ3v) is 8.47. The van der Waals surface area contributed by atoms with Gasteiger partial charge in [-0.15, -0.1) is 11.8 Å². The summed E-state index contributed by atoms with van der Waals surface area (Å²) in [4.78, 5) is 0. The number of unbranched alkanes of at least 4 members (excludes halogenated alkanes) is 3. The van der Waals surface area contributed by atoms with Crippen LogP contribution in [0.5, 0.6) is 0 Å². The SMILES string of the molecule is CCCCCCC1CC(C#CC2CCC(C#N)CN2)SC1C#CC1CCC(C#N)CC1. The van der Waals surface area contributed by atoms with E-state index in [-0.39, 0.29) is 17.9 Å². The maximum Gasteiger partial charge on any atom is 0.0698 e. The Labute approximate surface area is 194 Å². The van der Waals surface area contributed by atoms with Gasteiger partial charge in [0.25, 0.3) is 0 Å². The van der Waals surface area contributed by atoms with Crippen LogP contribution in [0.2, 0.25) is 0 Å². The van der Waals surface area contributed by atoms with Crippen molar-refractivity contribution in [3.63, 3.8) is 0 Å². The average molecular weight is 436 g/mol. The lowest BCUT2D eigenvalue weighted by molar-refractivity contribution is 0.370. The van der Waals surface area contributed by atoms with Crippen LogP contribution < -0.4 is 5.32 Å². The highest BCUT2D eigenvalue weighted by Crippen LogP contribution is 2.41. The second-order valence-corrected chi connectivity index (χ2v) is 10.9. The predicted molar refractivity (Wildman–Crippen MR) is 129 cm³/mol. The van der Waals surface area contributed by atoms with Crippen molar-refractivity contribution in [2.75, 3.05) is 6.54 Å². The third-order valence-electron chi connectivity index (χ3n) is 7.04. The van der Waals surface area contributed by atoms with Crippen LogP contribution in [0.25, 0.3) is 0 Å². The molecule has 2 aliphatic heterocycles. The Morgan fingerprint density at radius 2 is 1.55 bits per heavy atom. The second kappa shape index (κ2) is 13.1. The van der Waals surface area contributed by atoms with Gasteiger partial charge in [0, 0.05) is 18.4 Å². The average Bonchev–Trinajstić information content (AvgIpc) is 3.21. The summed E-state index contributed by atoms with van der Waals surface area (Å²) in [6, 6.07) is 5.03. The number of thioether (sulfide) groups is 1. The summed E-state index contributed by atoms with van der Waals surface area (Å²) >= 11 is 1.99. The van der Waals surface area contributed by atoms with Crippen LogP contribution in [0.1, 0.15) is 84.0 Å². The van der Waals surface area contributed by atoms with Gasteiger partial charge in [-0.2, -0.15) is 10.5 Å². The summed E-state index contributed by atoms with van der Waals surface area (Å²) < 4.78 is 0. The Morgan fingerprint density at radius 1 is 0.806 bits per heavy atom. The molecule has 2 heterocycles. The van der Waals surface area contributed by atoms with Crippen molar-refractivity contribution in [3.05, 3.63) is 0 Å². The van der Waals surface area contributed by atoms with Crippen LogP contribution in [0.4, 0.5) is 0 Å². The Bertz CT molecular complexity index is 755. The lowest BCUT2D eigenvalue weighted by Gasteiger charge is -2.22. The van der Waals surface area contributed by atoms with Crippen molar-refractivity contribution >= 4 is 11.8 Å². The molecule has 31 heavy (non-hydrogen) atoms. The Morgan fingerprint density at radius 3 is 2.23 bits per heavy atom. The first-order valence-electron chi connectivity index (χ1n) is 12.4. The van der Waals surface area contributed by atoms with Crippen LogP contribution in [0.3, 0.4) is 0 Å². The van der Waals surface area contributed by atoms with Gasteiger partial charge in [0.2, 0.25) is 0 Å². The maximum absolute atomic E-state index is 9.11. The standard InChI is InChI=1S/C27H37N3S/c1-2-3-4-5-6-24-17-26(15-14-25-13-11-23(19-29)20-30-25)31-27(24)16-12-21-7-9-22(18-28)10-8-21/h21-27,30H,2-11,13,17,20H2,1H3.